The number of rotatable bonds is 5. The van der Waals surface area contributed by atoms with E-state index in [2.05, 4.69) is 15.8 Å². The third-order valence-corrected chi connectivity index (χ3v) is 4.52. The van der Waals surface area contributed by atoms with E-state index in [4.69, 9.17) is 4.74 Å². The van der Waals surface area contributed by atoms with Crippen molar-refractivity contribution in [2.45, 2.75) is 5.16 Å². The first-order chi connectivity index (χ1) is 13.5. The number of imidazole rings is 1. The minimum Gasteiger partial charge on any atom is -0.497 e. The number of nitrogens with zero attached hydrogens (tertiary/aromatic N) is 2. The maximum atomic E-state index is 13.2. The van der Waals surface area contributed by atoms with Crippen molar-refractivity contribution in [3.63, 3.8) is 0 Å². The maximum absolute atomic E-state index is 13.2. The van der Waals surface area contributed by atoms with E-state index in [1.54, 1.807) is 41.0 Å². The molecule has 9 heteroatoms. The van der Waals surface area contributed by atoms with Crippen molar-refractivity contribution in [2.24, 2.45) is 0 Å². The lowest BCUT2D eigenvalue weighted by atomic mass is 10.2. The lowest BCUT2D eigenvalue weighted by Gasteiger charge is -2.12. The van der Waals surface area contributed by atoms with Crippen LogP contribution in [0.2, 0.25) is 0 Å². The van der Waals surface area contributed by atoms with Crippen LogP contribution in [-0.2, 0) is 0 Å². The summed E-state index contributed by atoms with van der Waals surface area (Å²) >= 11 is 1.34. The van der Waals surface area contributed by atoms with Crippen LogP contribution in [0.1, 0.15) is 20.8 Å². The third kappa shape index (κ3) is 4.15. The van der Waals surface area contributed by atoms with Gasteiger partial charge in [-0.1, -0.05) is 11.8 Å². The lowest BCUT2D eigenvalue weighted by Crippen LogP contribution is -2.42. The van der Waals surface area contributed by atoms with Gasteiger partial charge in [0.1, 0.15) is 17.3 Å². The van der Waals surface area contributed by atoms with E-state index in [9.17, 15) is 14.0 Å². The molecule has 0 spiro atoms. The zero-order chi connectivity index (χ0) is 20.1. The van der Waals surface area contributed by atoms with Crippen LogP contribution >= 0.6 is 11.8 Å². The summed E-state index contributed by atoms with van der Waals surface area (Å²) in [4.78, 5) is 29.0. The molecular weight excluding hydrogens is 383 g/mol. The van der Waals surface area contributed by atoms with Crippen molar-refractivity contribution in [3.8, 4) is 11.4 Å². The van der Waals surface area contributed by atoms with E-state index in [1.165, 1.54) is 37.2 Å². The average Bonchev–Trinajstić information content (AvgIpc) is 3.16. The van der Waals surface area contributed by atoms with Gasteiger partial charge in [-0.25, -0.2) is 9.37 Å². The van der Waals surface area contributed by atoms with E-state index in [0.717, 1.165) is 0 Å². The SMILES string of the molecule is COc1ccc(C(=O)NNC(=O)c2cnc(SC)n2-c2ccc(F)cc2)cc1. The van der Waals surface area contributed by atoms with Gasteiger partial charge in [-0.05, 0) is 54.8 Å². The smallest absolute Gasteiger partial charge is 0.288 e. The second-order valence-corrected chi connectivity index (χ2v) is 6.35. The molecule has 3 rings (SSSR count). The molecule has 0 aliphatic carbocycles. The van der Waals surface area contributed by atoms with Crippen LogP contribution in [0.15, 0.2) is 59.9 Å². The molecular formula is C19H17FN4O3S. The first-order valence-corrected chi connectivity index (χ1v) is 9.38. The first-order valence-electron chi connectivity index (χ1n) is 8.16. The third-order valence-electron chi connectivity index (χ3n) is 3.87. The van der Waals surface area contributed by atoms with Crippen molar-refractivity contribution < 1.29 is 18.7 Å². The molecule has 0 fully saturated rings. The maximum Gasteiger partial charge on any atom is 0.288 e. The first kappa shape index (κ1) is 19.4. The molecule has 2 aromatic carbocycles. The predicted octanol–water partition coefficient (Wildman–Crippen LogP) is 2.82. The fourth-order valence-electron chi connectivity index (χ4n) is 2.47. The van der Waals surface area contributed by atoms with Crippen molar-refractivity contribution in [2.75, 3.05) is 13.4 Å². The molecule has 0 saturated heterocycles. The van der Waals surface area contributed by atoms with Gasteiger partial charge in [0.15, 0.2) is 5.16 Å². The monoisotopic (exact) mass is 400 g/mol. The number of aromatic nitrogens is 2. The lowest BCUT2D eigenvalue weighted by molar-refractivity contribution is 0.0842. The molecule has 0 bridgehead atoms. The minimum absolute atomic E-state index is 0.200. The summed E-state index contributed by atoms with van der Waals surface area (Å²) in [6.45, 7) is 0. The topological polar surface area (TPSA) is 85.2 Å². The number of hydrogen-bond acceptors (Lipinski definition) is 5. The Morgan fingerprint density at radius 3 is 2.29 bits per heavy atom. The Hall–Kier alpha value is -3.33. The zero-order valence-electron chi connectivity index (χ0n) is 15.1. The molecule has 1 heterocycles. The molecule has 2 amide bonds. The predicted molar refractivity (Wildman–Crippen MR) is 103 cm³/mol. The van der Waals surface area contributed by atoms with Gasteiger partial charge in [0.2, 0.25) is 0 Å². The highest BCUT2D eigenvalue weighted by molar-refractivity contribution is 7.98. The van der Waals surface area contributed by atoms with Crippen LogP contribution in [-0.4, -0.2) is 34.7 Å². The quantitative estimate of drug-likeness (QED) is 0.508. The number of benzene rings is 2. The van der Waals surface area contributed by atoms with Crippen molar-refractivity contribution in [3.05, 3.63) is 71.8 Å². The fraction of sp³-hybridized carbons (Fsp3) is 0.105. The van der Waals surface area contributed by atoms with Gasteiger partial charge in [-0.15, -0.1) is 0 Å². The number of hydrogen-bond donors (Lipinski definition) is 2. The van der Waals surface area contributed by atoms with Gasteiger partial charge in [0.25, 0.3) is 11.8 Å². The molecule has 0 atom stereocenters. The Morgan fingerprint density at radius 1 is 1.04 bits per heavy atom. The number of carbonyl (C=O) groups excluding carboxylic acids is 2. The van der Waals surface area contributed by atoms with Gasteiger partial charge in [-0.3, -0.25) is 25.0 Å². The van der Waals surface area contributed by atoms with Gasteiger partial charge >= 0.3 is 0 Å². The number of methoxy groups -OCH3 is 1. The number of amides is 2. The molecule has 0 aliphatic rings. The second-order valence-electron chi connectivity index (χ2n) is 5.58. The highest BCUT2D eigenvalue weighted by atomic mass is 32.2. The van der Waals surface area contributed by atoms with Crippen molar-refractivity contribution in [1.29, 1.82) is 0 Å². The van der Waals surface area contributed by atoms with Gasteiger partial charge in [0, 0.05) is 11.3 Å². The molecule has 2 N–H and O–H groups in total. The molecule has 28 heavy (non-hydrogen) atoms. The number of halogens is 1. The molecule has 144 valence electrons. The molecule has 3 aromatic rings. The van der Waals surface area contributed by atoms with Crippen molar-refractivity contribution in [1.82, 2.24) is 20.4 Å². The molecule has 0 aliphatic heterocycles. The number of carbonyl (C=O) groups is 2. The van der Waals surface area contributed by atoms with Crippen molar-refractivity contribution >= 4 is 23.6 Å². The Balaban J connectivity index is 1.76. The van der Waals surface area contributed by atoms with E-state index in [-0.39, 0.29) is 11.5 Å². The average molecular weight is 400 g/mol. The molecule has 0 saturated carbocycles. The molecule has 7 nitrogen and oxygen atoms in total. The van der Waals surface area contributed by atoms with Gasteiger partial charge in [0.05, 0.1) is 13.3 Å². The fourth-order valence-corrected chi connectivity index (χ4v) is 3.02. The Morgan fingerprint density at radius 2 is 1.68 bits per heavy atom. The highest BCUT2D eigenvalue weighted by Crippen LogP contribution is 2.22. The summed E-state index contributed by atoms with van der Waals surface area (Å²) in [5.74, 6) is -0.798. The molecule has 0 radical (unpaired) electrons. The van der Waals surface area contributed by atoms with Crippen LogP contribution in [0.25, 0.3) is 5.69 Å². The second kappa shape index (κ2) is 8.57. The number of thioether (sulfide) groups is 1. The Kier molecular flexibility index (Phi) is 5.95. The van der Waals surface area contributed by atoms with E-state index < -0.39 is 11.8 Å². The van der Waals surface area contributed by atoms with E-state index >= 15 is 0 Å². The van der Waals surface area contributed by atoms with Crippen LogP contribution in [0.4, 0.5) is 4.39 Å². The van der Waals surface area contributed by atoms with Crippen LogP contribution in [0.5, 0.6) is 5.75 Å². The standard InChI is InChI=1S/C19H17FN4O3S/c1-27-15-9-3-12(4-10-15)17(25)22-23-18(26)16-11-21-19(28-2)24(16)14-7-5-13(20)6-8-14/h3-11H,1-2H3,(H,22,25)(H,23,26). The zero-order valence-corrected chi connectivity index (χ0v) is 15.9. The van der Waals surface area contributed by atoms with Gasteiger partial charge < -0.3 is 4.74 Å². The number of ether oxygens (including phenoxy) is 1. The summed E-state index contributed by atoms with van der Waals surface area (Å²) < 4.78 is 19.8. The summed E-state index contributed by atoms with van der Waals surface area (Å²) in [5.41, 5.74) is 5.87. The highest BCUT2D eigenvalue weighted by Gasteiger charge is 2.18. The number of nitrogens with one attached hydrogen (secondary N) is 2. The minimum atomic E-state index is -0.556. The summed E-state index contributed by atoms with van der Waals surface area (Å²) in [6, 6.07) is 12.1. The van der Waals surface area contributed by atoms with Gasteiger partial charge in [-0.2, -0.15) is 0 Å². The summed E-state index contributed by atoms with van der Waals surface area (Å²) in [5, 5.41) is 0.554. The molecule has 0 unspecified atom stereocenters. The van der Waals surface area contributed by atoms with E-state index in [0.29, 0.717) is 22.2 Å². The van der Waals surface area contributed by atoms with Crippen LogP contribution in [0.3, 0.4) is 0 Å². The molecule has 1 aromatic heterocycles. The number of hydrazine groups is 1. The largest absolute Gasteiger partial charge is 0.497 e. The van der Waals surface area contributed by atoms with Crippen LogP contribution in [0, 0.1) is 5.82 Å². The Labute approximate surface area is 164 Å². The van der Waals surface area contributed by atoms with E-state index in [1.807, 2.05) is 6.26 Å². The Bertz CT molecular complexity index is 987. The summed E-state index contributed by atoms with van der Waals surface area (Å²) in [6.07, 6.45) is 3.21. The summed E-state index contributed by atoms with van der Waals surface area (Å²) in [7, 11) is 1.53. The van der Waals surface area contributed by atoms with Crippen LogP contribution < -0.4 is 15.6 Å². The normalized spacial score (nSPS) is 10.4.